The van der Waals surface area contributed by atoms with Gasteiger partial charge in [0.1, 0.15) is 0 Å². The zero-order valence-electron chi connectivity index (χ0n) is 17.7. The summed E-state index contributed by atoms with van der Waals surface area (Å²) < 4.78 is 108. The SMILES string of the molecule is F[P+](F)(F)F.F[P+](F)(F)F.O=P(CCCOB([O-])[O-])(OC1CCCCC1)OC1CCCCC1. The van der Waals surface area contributed by atoms with E-state index in [4.69, 9.17) is 9.05 Å². The quantitative estimate of drug-likeness (QED) is 0.130. The van der Waals surface area contributed by atoms with Crippen molar-refractivity contribution in [2.75, 3.05) is 12.8 Å². The van der Waals surface area contributed by atoms with E-state index in [1.807, 2.05) is 0 Å². The molecule has 0 spiro atoms. The molecule has 0 N–H and O–H groups in total. The average Bonchev–Trinajstić information content (AvgIpc) is 2.64. The Labute approximate surface area is 190 Å². The van der Waals surface area contributed by atoms with E-state index < -0.39 is 31.9 Å². The van der Waals surface area contributed by atoms with Crippen molar-refractivity contribution < 1.29 is 61.9 Å². The molecule has 0 atom stereocenters. The molecular weight excluding hydrogens is 532 g/mol. The second kappa shape index (κ2) is 17.0. The Balaban J connectivity index is 0.000000859. The Hall–Kier alpha value is 0.395. The predicted octanol–water partition coefficient (Wildman–Crippen LogP) is 7.07. The topological polar surface area (TPSA) is 90.9 Å². The fourth-order valence-electron chi connectivity index (χ4n) is 3.36. The first kappa shape index (κ1) is 33.4. The maximum atomic E-state index is 13.1. The number of rotatable bonds is 9. The van der Waals surface area contributed by atoms with E-state index in [9.17, 15) is 48.2 Å². The first-order chi connectivity index (χ1) is 15.1. The van der Waals surface area contributed by atoms with Crippen molar-refractivity contribution >= 4 is 31.9 Å². The zero-order chi connectivity index (χ0) is 25.5. The van der Waals surface area contributed by atoms with Gasteiger partial charge in [-0.05, 0) is 32.1 Å². The van der Waals surface area contributed by atoms with Crippen molar-refractivity contribution in [3.8, 4) is 0 Å². The van der Waals surface area contributed by atoms with Crippen LogP contribution in [0.25, 0.3) is 0 Å². The van der Waals surface area contributed by atoms with Gasteiger partial charge in [-0.3, -0.25) is 4.57 Å². The monoisotopic (exact) mass is 560 g/mol. The second-order valence-corrected chi connectivity index (χ2v) is 11.0. The number of hydrogen-bond acceptors (Lipinski definition) is 6. The number of hydrogen-bond donors (Lipinski definition) is 0. The molecule has 0 unspecified atom stereocenters. The van der Waals surface area contributed by atoms with Crippen molar-refractivity contribution in [1.82, 2.24) is 0 Å². The minimum Gasteiger partial charge on any atom is -0.871 e. The Morgan fingerprint density at radius 1 is 0.727 bits per heavy atom. The van der Waals surface area contributed by atoms with Crippen LogP contribution in [-0.2, 0) is 18.3 Å². The molecule has 0 saturated heterocycles. The molecule has 0 amide bonds. The van der Waals surface area contributed by atoms with Crippen molar-refractivity contribution in [3.63, 3.8) is 0 Å². The summed E-state index contributed by atoms with van der Waals surface area (Å²) in [5.74, 6) is 0. The number of halogens is 8. The van der Waals surface area contributed by atoms with E-state index in [0.717, 1.165) is 51.4 Å². The highest BCUT2D eigenvalue weighted by atomic mass is 31.3. The average molecular weight is 560 g/mol. The van der Waals surface area contributed by atoms with Gasteiger partial charge in [-0.2, -0.15) is 0 Å². The molecule has 2 aliphatic rings. The lowest BCUT2D eigenvalue weighted by atomic mass is 9.98. The molecule has 0 aliphatic heterocycles. The molecule has 33 heavy (non-hydrogen) atoms. The summed E-state index contributed by atoms with van der Waals surface area (Å²) in [6.45, 7) is 0.00368. The van der Waals surface area contributed by atoms with Crippen molar-refractivity contribution in [2.24, 2.45) is 0 Å². The fraction of sp³-hybridized carbons (Fsp3) is 1.00. The van der Waals surface area contributed by atoms with Gasteiger partial charge < -0.3 is 23.7 Å². The third-order valence-corrected chi connectivity index (χ3v) is 6.66. The van der Waals surface area contributed by atoms with Crippen molar-refractivity contribution in [2.45, 2.75) is 82.8 Å². The smallest absolute Gasteiger partial charge is 0.755 e. The molecule has 18 heteroatoms. The normalized spacial score (nSPS) is 18.6. The second-order valence-electron chi connectivity index (χ2n) is 7.35. The van der Waals surface area contributed by atoms with Gasteiger partial charge in [0.25, 0.3) is 0 Å². The van der Waals surface area contributed by atoms with Gasteiger partial charge in [0.05, 0.1) is 59.3 Å². The summed E-state index contributed by atoms with van der Waals surface area (Å²) in [5.41, 5.74) is 0. The van der Waals surface area contributed by atoms with Gasteiger partial charge in [-0.25, -0.2) is 0 Å². The summed E-state index contributed by atoms with van der Waals surface area (Å²) in [6, 6.07) is 0. The summed E-state index contributed by atoms with van der Waals surface area (Å²) in [6.07, 6.45) is 11.1. The van der Waals surface area contributed by atoms with Gasteiger partial charge in [-0.1, -0.05) is 38.5 Å². The summed E-state index contributed by atoms with van der Waals surface area (Å²) in [4.78, 5) is 0. The van der Waals surface area contributed by atoms with E-state index in [2.05, 4.69) is 4.65 Å². The zero-order valence-corrected chi connectivity index (χ0v) is 20.4. The maximum absolute atomic E-state index is 13.1. The van der Waals surface area contributed by atoms with E-state index in [0.29, 0.717) is 6.42 Å². The Bertz CT molecular complexity index is 499. The van der Waals surface area contributed by atoms with Crippen LogP contribution in [0.15, 0.2) is 0 Å². The molecule has 2 saturated carbocycles. The van der Waals surface area contributed by atoms with Crippen LogP contribution in [0, 0.1) is 0 Å². The standard InChI is InChI=1S/C15H28BO6P.2F4P/c17-16(18)20-12-7-13-23(19,21-14-8-3-1-4-9-14)22-15-10-5-2-6-11-15;2*1-5(2,3)4/h14-15H,1-13H2;;/q-2;2*+1. The third-order valence-electron chi connectivity index (χ3n) is 4.55. The first-order valence-electron chi connectivity index (χ1n) is 10.3. The maximum Gasteiger partial charge on any atom is 0.755 e. The minimum absolute atomic E-state index is 0.00368. The molecule has 6 nitrogen and oxygen atoms in total. The highest BCUT2D eigenvalue weighted by molar-refractivity contribution is 7.55. The molecule has 0 aromatic rings. The highest BCUT2D eigenvalue weighted by Gasteiger charge is 2.44. The van der Waals surface area contributed by atoms with Crippen LogP contribution in [0.3, 0.4) is 0 Å². The largest absolute Gasteiger partial charge is 0.871 e. The van der Waals surface area contributed by atoms with Crippen LogP contribution in [0.2, 0.25) is 0 Å². The molecule has 2 rings (SSSR count). The molecule has 0 aromatic heterocycles. The molecule has 0 radical (unpaired) electrons. The van der Waals surface area contributed by atoms with Gasteiger partial charge >= 0.3 is 24.6 Å². The van der Waals surface area contributed by atoms with E-state index >= 15 is 0 Å². The highest BCUT2D eigenvalue weighted by Crippen LogP contribution is 2.66. The first-order valence-corrected chi connectivity index (χ1v) is 14.7. The third kappa shape index (κ3) is 25.3. The van der Waals surface area contributed by atoms with Crippen LogP contribution in [0.1, 0.15) is 70.6 Å². The Kier molecular flexibility index (Phi) is 17.2. The summed E-state index contributed by atoms with van der Waals surface area (Å²) >= 11 is 0. The van der Waals surface area contributed by atoms with Gasteiger partial charge in [-0.15, -0.1) is 0 Å². The Morgan fingerprint density at radius 3 is 1.36 bits per heavy atom. The van der Waals surface area contributed by atoms with Gasteiger partial charge in [0.15, 0.2) is 0 Å². The molecule has 198 valence electrons. The molecule has 2 fully saturated rings. The van der Waals surface area contributed by atoms with E-state index in [-0.39, 0.29) is 25.0 Å². The van der Waals surface area contributed by atoms with Crippen molar-refractivity contribution in [1.29, 1.82) is 0 Å². The van der Waals surface area contributed by atoms with E-state index in [1.54, 1.807) is 0 Å². The predicted molar refractivity (Wildman–Crippen MR) is 107 cm³/mol. The minimum atomic E-state index is -6.39. The molecule has 0 heterocycles. The van der Waals surface area contributed by atoms with Crippen LogP contribution >= 0.6 is 24.6 Å². The van der Waals surface area contributed by atoms with Crippen molar-refractivity contribution in [3.05, 3.63) is 0 Å². The molecular formula is C15H28BF8O6P3. The lowest BCUT2D eigenvalue weighted by Crippen LogP contribution is -2.48. The van der Waals surface area contributed by atoms with Crippen LogP contribution in [-0.4, -0.2) is 32.3 Å². The fourth-order valence-corrected chi connectivity index (χ4v) is 5.47. The summed E-state index contributed by atoms with van der Waals surface area (Å²) in [5, 5.41) is 20.8. The molecule has 0 aromatic carbocycles. The van der Waals surface area contributed by atoms with Gasteiger partial charge in [0.2, 0.25) is 0 Å². The lowest BCUT2D eigenvalue weighted by molar-refractivity contribution is -0.381. The molecule has 0 bridgehead atoms. The van der Waals surface area contributed by atoms with Gasteiger partial charge in [0, 0.05) is 6.61 Å². The molecule has 2 aliphatic carbocycles. The lowest BCUT2D eigenvalue weighted by Gasteiger charge is -2.32. The van der Waals surface area contributed by atoms with E-state index in [1.165, 1.54) is 12.8 Å². The Morgan fingerprint density at radius 2 is 1.06 bits per heavy atom. The van der Waals surface area contributed by atoms with Crippen LogP contribution in [0.5, 0.6) is 0 Å². The van der Waals surface area contributed by atoms with Crippen LogP contribution < -0.4 is 10.0 Å². The summed E-state index contributed by atoms with van der Waals surface area (Å²) in [7, 11) is -18.3. The van der Waals surface area contributed by atoms with Crippen LogP contribution in [0.4, 0.5) is 33.6 Å².